The van der Waals surface area contributed by atoms with Gasteiger partial charge in [0.15, 0.2) is 0 Å². The fourth-order valence-corrected chi connectivity index (χ4v) is 3.35. The first-order valence-electron chi connectivity index (χ1n) is 8.99. The van der Waals surface area contributed by atoms with Crippen LogP contribution in [0, 0.1) is 17.1 Å². The van der Waals surface area contributed by atoms with E-state index < -0.39 is 6.04 Å². The first-order valence-corrected chi connectivity index (χ1v) is 8.99. The molecule has 2 N–H and O–H groups in total. The third kappa shape index (κ3) is 4.40. The van der Waals surface area contributed by atoms with Crippen LogP contribution in [-0.4, -0.2) is 11.9 Å². The smallest absolute Gasteiger partial charge is 0.247 e. The maximum Gasteiger partial charge on any atom is 0.247 e. The SMILES string of the molecule is N#Cc1ccccc1NC(C(=O)NC1CCCCC1)c1ccc(F)cc1. The monoisotopic (exact) mass is 351 g/mol. The highest BCUT2D eigenvalue weighted by atomic mass is 19.1. The molecule has 1 aliphatic carbocycles. The van der Waals surface area contributed by atoms with Crippen LogP contribution < -0.4 is 10.6 Å². The van der Waals surface area contributed by atoms with Crippen LogP contribution in [-0.2, 0) is 4.79 Å². The minimum Gasteiger partial charge on any atom is -0.369 e. The molecule has 1 amide bonds. The minimum atomic E-state index is -0.688. The molecule has 0 radical (unpaired) electrons. The number of benzene rings is 2. The van der Waals surface area contributed by atoms with E-state index in [1.807, 2.05) is 6.07 Å². The molecule has 1 aliphatic rings. The Kier molecular flexibility index (Phi) is 5.85. The third-order valence-corrected chi connectivity index (χ3v) is 4.76. The Labute approximate surface area is 153 Å². The number of anilines is 1. The summed E-state index contributed by atoms with van der Waals surface area (Å²) in [7, 11) is 0. The zero-order valence-corrected chi connectivity index (χ0v) is 14.5. The minimum absolute atomic E-state index is 0.156. The molecule has 0 aromatic heterocycles. The lowest BCUT2D eigenvalue weighted by atomic mass is 9.95. The van der Waals surface area contributed by atoms with Gasteiger partial charge in [-0.1, -0.05) is 43.5 Å². The average Bonchev–Trinajstić information content (AvgIpc) is 2.68. The van der Waals surface area contributed by atoms with E-state index in [9.17, 15) is 14.4 Å². The molecule has 3 rings (SSSR count). The summed E-state index contributed by atoms with van der Waals surface area (Å²) in [6.45, 7) is 0. The van der Waals surface area contributed by atoms with E-state index in [2.05, 4.69) is 16.7 Å². The number of carbonyl (C=O) groups is 1. The topological polar surface area (TPSA) is 64.9 Å². The predicted octanol–water partition coefficient (Wildman–Crippen LogP) is 4.30. The molecule has 2 aromatic carbocycles. The van der Waals surface area contributed by atoms with Gasteiger partial charge in [-0.2, -0.15) is 5.26 Å². The van der Waals surface area contributed by atoms with Crippen molar-refractivity contribution >= 4 is 11.6 Å². The summed E-state index contributed by atoms with van der Waals surface area (Å²) in [4.78, 5) is 13.0. The molecule has 0 aliphatic heterocycles. The molecule has 0 heterocycles. The van der Waals surface area contributed by atoms with E-state index in [0.29, 0.717) is 16.8 Å². The second-order valence-electron chi connectivity index (χ2n) is 6.63. The van der Waals surface area contributed by atoms with E-state index in [-0.39, 0.29) is 17.8 Å². The maximum absolute atomic E-state index is 13.3. The quantitative estimate of drug-likeness (QED) is 0.844. The van der Waals surface area contributed by atoms with E-state index >= 15 is 0 Å². The first-order chi connectivity index (χ1) is 12.7. The van der Waals surface area contributed by atoms with Crippen LogP contribution in [0.4, 0.5) is 10.1 Å². The summed E-state index contributed by atoms with van der Waals surface area (Å²) in [6.07, 6.45) is 5.42. The Morgan fingerprint density at radius 1 is 1.08 bits per heavy atom. The Morgan fingerprint density at radius 3 is 2.46 bits per heavy atom. The summed E-state index contributed by atoms with van der Waals surface area (Å²) in [5.74, 6) is -0.506. The van der Waals surface area contributed by atoms with Crippen molar-refractivity contribution in [3.8, 4) is 6.07 Å². The Balaban J connectivity index is 1.84. The van der Waals surface area contributed by atoms with Crippen molar-refractivity contribution in [3.63, 3.8) is 0 Å². The van der Waals surface area contributed by atoms with Gasteiger partial charge in [-0.05, 0) is 42.7 Å². The Hall–Kier alpha value is -2.87. The molecule has 1 atom stereocenters. The number of nitriles is 1. The van der Waals surface area contributed by atoms with E-state index in [4.69, 9.17) is 0 Å². The Morgan fingerprint density at radius 2 is 1.77 bits per heavy atom. The van der Waals surface area contributed by atoms with Gasteiger partial charge in [-0.15, -0.1) is 0 Å². The summed E-state index contributed by atoms with van der Waals surface area (Å²) in [6, 6.07) is 14.5. The lowest BCUT2D eigenvalue weighted by molar-refractivity contribution is -0.122. The second-order valence-corrected chi connectivity index (χ2v) is 6.63. The van der Waals surface area contributed by atoms with Crippen LogP contribution >= 0.6 is 0 Å². The van der Waals surface area contributed by atoms with Crippen molar-refractivity contribution in [1.82, 2.24) is 5.32 Å². The zero-order valence-electron chi connectivity index (χ0n) is 14.5. The van der Waals surface area contributed by atoms with Crippen molar-refractivity contribution in [2.75, 3.05) is 5.32 Å². The van der Waals surface area contributed by atoms with Crippen molar-refractivity contribution in [2.24, 2.45) is 0 Å². The number of amides is 1. The molecule has 134 valence electrons. The Bertz CT molecular complexity index is 792. The van der Waals surface area contributed by atoms with Crippen LogP contribution in [0.3, 0.4) is 0 Å². The number of nitrogens with one attached hydrogen (secondary N) is 2. The van der Waals surface area contributed by atoms with Crippen LogP contribution in [0.2, 0.25) is 0 Å². The lowest BCUT2D eigenvalue weighted by Crippen LogP contribution is -2.41. The van der Waals surface area contributed by atoms with E-state index in [0.717, 1.165) is 25.7 Å². The number of hydrogen-bond acceptors (Lipinski definition) is 3. The van der Waals surface area contributed by atoms with E-state index in [1.165, 1.54) is 18.6 Å². The molecular weight excluding hydrogens is 329 g/mol. The summed E-state index contributed by atoms with van der Waals surface area (Å²) in [5.41, 5.74) is 1.71. The van der Waals surface area contributed by atoms with Crippen LogP contribution in [0.15, 0.2) is 48.5 Å². The molecule has 5 heteroatoms. The van der Waals surface area contributed by atoms with Gasteiger partial charge < -0.3 is 10.6 Å². The van der Waals surface area contributed by atoms with Crippen molar-refractivity contribution < 1.29 is 9.18 Å². The van der Waals surface area contributed by atoms with Gasteiger partial charge in [0.05, 0.1) is 11.3 Å². The number of rotatable bonds is 5. The van der Waals surface area contributed by atoms with Crippen molar-refractivity contribution in [3.05, 3.63) is 65.5 Å². The number of para-hydroxylation sites is 1. The van der Waals surface area contributed by atoms with Crippen LogP contribution in [0.5, 0.6) is 0 Å². The normalized spacial score (nSPS) is 15.7. The van der Waals surface area contributed by atoms with Crippen LogP contribution in [0.25, 0.3) is 0 Å². The highest BCUT2D eigenvalue weighted by Gasteiger charge is 2.25. The molecule has 26 heavy (non-hydrogen) atoms. The maximum atomic E-state index is 13.3. The molecule has 0 spiro atoms. The van der Waals surface area contributed by atoms with Gasteiger partial charge in [0.25, 0.3) is 0 Å². The fourth-order valence-electron chi connectivity index (χ4n) is 3.35. The second kappa shape index (κ2) is 8.48. The van der Waals surface area contributed by atoms with Gasteiger partial charge in [0.2, 0.25) is 5.91 Å². The fraction of sp³-hybridized carbons (Fsp3) is 0.333. The predicted molar refractivity (Wildman–Crippen MR) is 98.9 cm³/mol. The lowest BCUT2D eigenvalue weighted by Gasteiger charge is -2.27. The summed E-state index contributed by atoms with van der Waals surface area (Å²) >= 11 is 0. The largest absolute Gasteiger partial charge is 0.369 e. The highest BCUT2D eigenvalue weighted by molar-refractivity contribution is 5.86. The average molecular weight is 351 g/mol. The van der Waals surface area contributed by atoms with Crippen LogP contribution in [0.1, 0.15) is 49.3 Å². The van der Waals surface area contributed by atoms with Gasteiger partial charge in [0.1, 0.15) is 17.9 Å². The summed E-state index contributed by atoms with van der Waals surface area (Å²) < 4.78 is 13.3. The van der Waals surface area contributed by atoms with Gasteiger partial charge in [-0.25, -0.2) is 4.39 Å². The summed E-state index contributed by atoms with van der Waals surface area (Å²) in [5, 5.41) is 15.6. The molecule has 1 saturated carbocycles. The van der Waals surface area contributed by atoms with E-state index in [1.54, 1.807) is 30.3 Å². The van der Waals surface area contributed by atoms with Gasteiger partial charge in [-0.3, -0.25) is 4.79 Å². The molecule has 1 unspecified atom stereocenters. The number of carbonyl (C=O) groups excluding carboxylic acids is 1. The van der Waals surface area contributed by atoms with Gasteiger partial charge >= 0.3 is 0 Å². The molecule has 4 nitrogen and oxygen atoms in total. The highest BCUT2D eigenvalue weighted by Crippen LogP contribution is 2.24. The van der Waals surface area contributed by atoms with Crippen molar-refractivity contribution in [2.45, 2.75) is 44.2 Å². The van der Waals surface area contributed by atoms with Crippen molar-refractivity contribution in [1.29, 1.82) is 5.26 Å². The first kappa shape index (κ1) is 17.9. The third-order valence-electron chi connectivity index (χ3n) is 4.76. The zero-order chi connectivity index (χ0) is 18.4. The molecular formula is C21H22FN3O. The van der Waals surface area contributed by atoms with Gasteiger partial charge in [0, 0.05) is 6.04 Å². The molecule has 2 aromatic rings. The molecule has 0 bridgehead atoms. The number of halogens is 1. The number of hydrogen-bond donors (Lipinski definition) is 2. The molecule has 1 fully saturated rings. The number of nitrogens with zero attached hydrogens (tertiary/aromatic N) is 1. The molecule has 0 saturated heterocycles. The standard InChI is InChI=1S/C21H22FN3O/c22-17-12-10-15(11-13-17)20(21(26)24-18-7-2-1-3-8-18)25-19-9-5-4-6-16(19)14-23/h4-6,9-13,18,20,25H,1-3,7-8H2,(H,24,26).